The van der Waals surface area contributed by atoms with Crippen molar-refractivity contribution < 1.29 is 33.2 Å². The number of benzene rings is 7. The first-order valence-corrected chi connectivity index (χ1v) is 19.0. The van der Waals surface area contributed by atoms with Crippen molar-refractivity contribution in [3.05, 3.63) is 225 Å². The summed E-state index contributed by atoms with van der Waals surface area (Å²) in [6, 6.07) is 55.5. The van der Waals surface area contributed by atoms with Crippen molar-refractivity contribution in [3.63, 3.8) is 0 Å². The molecule has 0 atom stereocenters. The molecule has 59 heavy (non-hydrogen) atoms. The lowest BCUT2D eigenvalue weighted by molar-refractivity contribution is 0.0999. The lowest BCUT2D eigenvalue weighted by Gasteiger charge is -2.15. The first-order valence-electron chi connectivity index (χ1n) is 19.0. The van der Waals surface area contributed by atoms with Gasteiger partial charge in [-0.3, -0.25) is 4.79 Å². The Labute approximate surface area is 342 Å². The summed E-state index contributed by atoms with van der Waals surface area (Å²) in [6.07, 6.45) is 0. The molecule has 0 saturated carbocycles. The number of ether oxygens (including phenoxy) is 6. The minimum absolute atomic E-state index is 0.103. The van der Waals surface area contributed by atoms with Gasteiger partial charge in [-0.1, -0.05) is 121 Å². The maximum Gasteiger partial charge on any atom is 0.249 e. The fourth-order valence-corrected chi connectivity index (χ4v) is 6.02. The van der Waals surface area contributed by atoms with E-state index in [1.807, 2.05) is 158 Å². The van der Waals surface area contributed by atoms with Gasteiger partial charge in [0.2, 0.25) is 5.91 Å². The smallest absolute Gasteiger partial charge is 0.249 e. The van der Waals surface area contributed by atoms with Crippen molar-refractivity contribution in [2.45, 2.75) is 39.6 Å². The number of carbonyl (C=O) groups is 1. The molecule has 294 valence electrons. The molecular weight excluding hydrogens is 743 g/mol. The van der Waals surface area contributed by atoms with E-state index in [0.717, 1.165) is 33.4 Å². The Morgan fingerprint density at radius 1 is 0.373 bits per heavy atom. The molecule has 0 N–H and O–H groups in total. The Bertz CT molecular complexity index is 2200. The quantitative estimate of drug-likeness (QED) is 0.0455. The summed E-state index contributed by atoms with van der Waals surface area (Å²) in [7, 11) is 0. The molecular formula is C49H41N3O7. The fourth-order valence-electron chi connectivity index (χ4n) is 6.02. The molecule has 0 spiro atoms. The molecule has 7 aromatic rings. The third-order valence-electron chi connectivity index (χ3n) is 8.95. The first kappa shape index (κ1) is 39.6. The summed E-state index contributed by atoms with van der Waals surface area (Å²) in [4.78, 5) is 15.5. The Hall–Kier alpha value is -7.68. The predicted molar refractivity (Wildman–Crippen MR) is 225 cm³/mol. The number of hydrogen-bond donors (Lipinski definition) is 0. The van der Waals surface area contributed by atoms with Crippen LogP contribution in [0, 0.1) is 0 Å². The highest BCUT2D eigenvalue weighted by Gasteiger charge is 2.13. The van der Waals surface area contributed by atoms with Crippen molar-refractivity contribution in [1.29, 1.82) is 0 Å². The van der Waals surface area contributed by atoms with Gasteiger partial charge >= 0.3 is 0 Å². The van der Waals surface area contributed by atoms with Gasteiger partial charge in [0.1, 0.15) is 74.1 Å². The second kappa shape index (κ2) is 20.5. The predicted octanol–water partition coefficient (Wildman–Crippen LogP) is 11.6. The van der Waals surface area contributed by atoms with Crippen LogP contribution in [0.3, 0.4) is 0 Å². The summed E-state index contributed by atoms with van der Waals surface area (Å²) >= 11 is 0. The van der Waals surface area contributed by atoms with Crippen molar-refractivity contribution in [2.24, 2.45) is 5.11 Å². The molecule has 0 bridgehead atoms. The van der Waals surface area contributed by atoms with E-state index in [1.165, 1.54) is 12.1 Å². The third kappa shape index (κ3) is 12.4. The van der Waals surface area contributed by atoms with Crippen LogP contribution in [-0.2, 0) is 39.6 Å². The van der Waals surface area contributed by atoms with Crippen LogP contribution in [0.5, 0.6) is 34.5 Å². The highest BCUT2D eigenvalue weighted by atomic mass is 16.5. The minimum Gasteiger partial charge on any atom is -0.489 e. The minimum atomic E-state index is -0.774. The molecule has 0 fully saturated rings. The summed E-state index contributed by atoms with van der Waals surface area (Å²) in [6.45, 7) is 1.69. The molecule has 0 unspecified atom stereocenters. The van der Waals surface area contributed by atoms with E-state index in [9.17, 15) is 4.79 Å². The molecule has 0 radical (unpaired) electrons. The molecule has 0 aliphatic rings. The number of hydrogen-bond acceptors (Lipinski definition) is 7. The average Bonchev–Trinajstić information content (AvgIpc) is 3.29. The van der Waals surface area contributed by atoms with Crippen molar-refractivity contribution in [1.82, 2.24) is 0 Å². The van der Waals surface area contributed by atoms with Crippen molar-refractivity contribution >= 4 is 5.91 Å². The van der Waals surface area contributed by atoms with E-state index < -0.39 is 5.91 Å². The van der Waals surface area contributed by atoms with Gasteiger partial charge in [-0.05, 0) is 80.4 Å². The van der Waals surface area contributed by atoms with Crippen molar-refractivity contribution in [2.75, 3.05) is 0 Å². The highest BCUT2D eigenvalue weighted by Crippen LogP contribution is 2.30. The summed E-state index contributed by atoms with van der Waals surface area (Å²) in [5, 5.41) is 3.31. The topological polar surface area (TPSA) is 121 Å². The van der Waals surface area contributed by atoms with Crippen LogP contribution >= 0.6 is 0 Å². The Balaban J connectivity index is 1.09. The van der Waals surface area contributed by atoms with Crippen LogP contribution in [0.15, 0.2) is 181 Å². The first-order chi connectivity index (χ1) is 29.0. The highest BCUT2D eigenvalue weighted by molar-refractivity contribution is 5.95. The molecule has 7 aromatic carbocycles. The molecule has 0 saturated heterocycles. The van der Waals surface area contributed by atoms with Gasteiger partial charge in [0.15, 0.2) is 0 Å². The number of nitrogens with zero attached hydrogens (tertiary/aromatic N) is 3. The summed E-state index contributed by atoms with van der Waals surface area (Å²) in [5.74, 6) is 2.31. The maximum atomic E-state index is 12.8. The number of amides is 1. The zero-order valence-corrected chi connectivity index (χ0v) is 32.2. The maximum absolute atomic E-state index is 12.8. The van der Waals surface area contributed by atoms with Crippen LogP contribution in [0.4, 0.5) is 0 Å². The Kier molecular flexibility index (Phi) is 13.7. The molecule has 0 aliphatic heterocycles. The van der Waals surface area contributed by atoms with Crippen LogP contribution in [0.25, 0.3) is 10.4 Å². The third-order valence-corrected chi connectivity index (χ3v) is 8.95. The molecule has 0 heterocycles. The van der Waals surface area contributed by atoms with E-state index in [-0.39, 0.29) is 18.8 Å². The van der Waals surface area contributed by atoms with E-state index in [0.29, 0.717) is 60.9 Å². The lowest BCUT2D eigenvalue weighted by Crippen LogP contribution is -2.04. The Morgan fingerprint density at radius 2 is 0.627 bits per heavy atom. The van der Waals surface area contributed by atoms with Gasteiger partial charge in [-0.15, -0.1) is 0 Å². The summed E-state index contributed by atoms with van der Waals surface area (Å²) in [5.41, 5.74) is 14.8. The standard InChI is InChI=1S/C49H41N3O7/c50-52-51-49(53)42-25-47(58-34-40-21-43(54-30-36-13-5-1-6-14-36)27-44(22-40)55-31-37-15-7-2-8-16-37)29-48(26-42)59-35-41-23-45(56-32-38-17-9-3-10-18-38)28-46(24-41)57-33-39-19-11-4-12-20-39/h1-29H,30-35H2. The van der Waals surface area contributed by atoms with Gasteiger partial charge in [0.05, 0.1) is 0 Å². The molecule has 10 heteroatoms. The van der Waals surface area contributed by atoms with Crippen molar-refractivity contribution in [3.8, 4) is 34.5 Å². The summed E-state index contributed by atoms with van der Waals surface area (Å²) < 4.78 is 37.2. The van der Waals surface area contributed by atoms with Crippen LogP contribution in [0.1, 0.15) is 43.7 Å². The van der Waals surface area contributed by atoms with E-state index in [1.54, 1.807) is 6.07 Å². The molecule has 7 rings (SSSR count). The number of rotatable bonds is 19. The van der Waals surface area contributed by atoms with Gasteiger partial charge in [0.25, 0.3) is 0 Å². The monoisotopic (exact) mass is 783 g/mol. The SMILES string of the molecule is [N-]=[N+]=NC(=O)c1cc(OCc2cc(OCc3ccccc3)cc(OCc3ccccc3)c2)cc(OCc2cc(OCc3ccccc3)cc(OCc3ccccc3)c2)c1. The van der Waals surface area contributed by atoms with E-state index in [2.05, 4.69) is 10.0 Å². The second-order valence-corrected chi connectivity index (χ2v) is 13.5. The zero-order valence-electron chi connectivity index (χ0n) is 32.2. The fraction of sp³-hybridized carbons (Fsp3) is 0.122. The van der Waals surface area contributed by atoms with Crippen LogP contribution in [-0.4, -0.2) is 5.91 Å². The zero-order chi connectivity index (χ0) is 40.5. The average molecular weight is 784 g/mol. The largest absolute Gasteiger partial charge is 0.489 e. The van der Waals surface area contributed by atoms with Gasteiger partial charge in [-0.2, -0.15) is 0 Å². The Morgan fingerprint density at radius 3 is 0.898 bits per heavy atom. The van der Waals surface area contributed by atoms with E-state index in [4.69, 9.17) is 34.0 Å². The second-order valence-electron chi connectivity index (χ2n) is 13.5. The van der Waals surface area contributed by atoms with Gasteiger partial charge in [-0.25, -0.2) is 0 Å². The lowest BCUT2D eigenvalue weighted by atomic mass is 10.1. The van der Waals surface area contributed by atoms with Gasteiger partial charge < -0.3 is 28.4 Å². The molecule has 1 amide bonds. The van der Waals surface area contributed by atoms with Gasteiger partial charge in [0, 0.05) is 28.7 Å². The number of carbonyl (C=O) groups excluding carboxylic acids is 1. The van der Waals surface area contributed by atoms with Crippen LogP contribution in [0.2, 0.25) is 0 Å². The van der Waals surface area contributed by atoms with Crippen LogP contribution < -0.4 is 28.4 Å². The molecule has 10 nitrogen and oxygen atoms in total. The normalized spacial score (nSPS) is 10.5. The number of azide groups is 1. The van der Waals surface area contributed by atoms with E-state index >= 15 is 0 Å². The molecule has 0 aliphatic carbocycles. The molecule has 0 aromatic heterocycles.